The summed E-state index contributed by atoms with van der Waals surface area (Å²) in [6.45, 7) is 11.1. The maximum Gasteiger partial charge on any atom is 0.267 e. The number of carbonyl (C=O) groups is 1. The van der Waals surface area contributed by atoms with Crippen molar-refractivity contribution in [1.82, 2.24) is 9.88 Å². The van der Waals surface area contributed by atoms with E-state index in [0.717, 1.165) is 31.2 Å². The quantitative estimate of drug-likeness (QED) is 0.896. The van der Waals surface area contributed by atoms with Crippen LogP contribution in [0.2, 0.25) is 0 Å². The molecule has 1 aromatic heterocycles. The monoisotopic (exact) mass is 296 g/mol. The van der Waals surface area contributed by atoms with Crippen molar-refractivity contribution in [2.45, 2.75) is 34.1 Å². The second kappa shape index (κ2) is 5.60. The number of likely N-dealkylation sites (tertiary alicyclic amines) is 1. The second-order valence-electron chi connectivity index (χ2n) is 6.65. The molecule has 2 rings (SSSR count). The summed E-state index contributed by atoms with van der Waals surface area (Å²) < 4.78 is 0. The van der Waals surface area contributed by atoms with E-state index in [0.29, 0.717) is 16.6 Å². The highest BCUT2D eigenvalue weighted by Gasteiger charge is 2.34. The molecule has 5 nitrogen and oxygen atoms in total. The molecule has 0 aliphatic carbocycles. The summed E-state index contributed by atoms with van der Waals surface area (Å²) in [6.07, 6.45) is 1.04. The Morgan fingerprint density at radius 1 is 1.55 bits per heavy atom. The van der Waals surface area contributed by atoms with Crippen LogP contribution in [0.4, 0.5) is 10.9 Å². The molecule has 1 aromatic rings. The molecule has 112 valence electrons. The van der Waals surface area contributed by atoms with Gasteiger partial charge in [0.05, 0.1) is 0 Å². The van der Waals surface area contributed by atoms with E-state index in [1.807, 2.05) is 4.90 Å². The maximum atomic E-state index is 12.5. The first-order chi connectivity index (χ1) is 9.28. The highest BCUT2D eigenvalue weighted by molar-refractivity contribution is 7.18. The molecule has 1 fully saturated rings. The number of aromatic nitrogens is 1. The van der Waals surface area contributed by atoms with Crippen LogP contribution in [-0.2, 0) is 0 Å². The van der Waals surface area contributed by atoms with E-state index >= 15 is 0 Å². The van der Waals surface area contributed by atoms with Gasteiger partial charge in [0.15, 0.2) is 5.13 Å². The zero-order chi connectivity index (χ0) is 14.9. The van der Waals surface area contributed by atoms with E-state index in [9.17, 15) is 4.79 Å². The van der Waals surface area contributed by atoms with Crippen LogP contribution in [0.3, 0.4) is 0 Å². The van der Waals surface area contributed by atoms with Crippen molar-refractivity contribution in [2.24, 2.45) is 11.3 Å². The fraction of sp³-hybridized carbons (Fsp3) is 0.714. The average Bonchev–Trinajstić information content (AvgIpc) is 2.89. The lowest BCUT2D eigenvalue weighted by atomic mass is 9.93. The van der Waals surface area contributed by atoms with Crippen LogP contribution in [-0.4, -0.2) is 35.4 Å². The molecule has 0 radical (unpaired) electrons. The fourth-order valence-corrected chi connectivity index (χ4v) is 3.14. The van der Waals surface area contributed by atoms with E-state index in [4.69, 9.17) is 5.73 Å². The summed E-state index contributed by atoms with van der Waals surface area (Å²) in [4.78, 5) is 19.2. The maximum absolute atomic E-state index is 12.5. The number of thiazole rings is 1. The number of hydrogen-bond acceptors (Lipinski definition) is 5. The van der Waals surface area contributed by atoms with Crippen molar-refractivity contribution in [3.05, 3.63) is 4.88 Å². The van der Waals surface area contributed by atoms with Gasteiger partial charge in [-0.05, 0) is 17.8 Å². The van der Waals surface area contributed by atoms with E-state index in [1.165, 1.54) is 11.3 Å². The molecule has 20 heavy (non-hydrogen) atoms. The first-order valence-corrected chi connectivity index (χ1v) is 7.89. The van der Waals surface area contributed by atoms with Crippen LogP contribution in [0.25, 0.3) is 0 Å². The molecule has 0 saturated carbocycles. The number of nitrogen functional groups attached to an aromatic ring is 1. The van der Waals surface area contributed by atoms with Gasteiger partial charge in [-0.25, -0.2) is 4.98 Å². The number of amides is 1. The molecule has 1 aliphatic heterocycles. The number of carbonyl (C=O) groups excluding carboxylic acids is 1. The van der Waals surface area contributed by atoms with Crippen molar-refractivity contribution in [2.75, 3.05) is 30.7 Å². The lowest BCUT2D eigenvalue weighted by Gasteiger charge is -2.19. The van der Waals surface area contributed by atoms with Gasteiger partial charge in [0.25, 0.3) is 5.91 Å². The smallest absolute Gasteiger partial charge is 0.267 e. The number of hydrogen-bond donors (Lipinski definition) is 2. The van der Waals surface area contributed by atoms with Gasteiger partial charge in [0, 0.05) is 19.6 Å². The molecule has 0 unspecified atom stereocenters. The number of nitrogens with one attached hydrogen (secondary N) is 1. The van der Waals surface area contributed by atoms with Crippen molar-refractivity contribution in [3.63, 3.8) is 0 Å². The van der Waals surface area contributed by atoms with Gasteiger partial charge in [0.2, 0.25) is 0 Å². The Labute approximate surface area is 124 Å². The van der Waals surface area contributed by atoms with Gasteiger partial charge in [0.1, 0.15) is 10.7 Å². The molecular formula is C14H24N4OS. The molecule has 0 atom stereocenters. The molecular weight excluding hydrogens is 272 g/mol. The largest absolute Gasteiger partial charge is 0.382 e. The summed E-state index contributed by atoms with van der Waals surface area (Å²) in [5.41, 5.74) is 6.10. The number of nitrogens with zero attached hydrogens (tertiary/aromatic N) is 2. The number of rotatable bonds is 4. The van der Waals surface area contributed by atoms with Crippen LogP contribution in [0.1, 0.15) is 43.8 Å². The molecule has 1 amide bonds. The Morgan fingerprint density at radius 2 is 2.25 bits per heavy atom. The minimum Gasteiger partial charge on any atom is -0.382 e. The van der Waals surface area contributed by atoms with Crippen molar-refractivity contribution in [1.29, 1.82) is 0 Å². The molecule has 3 N–H and O–H groups in total. The molecule has 0 spiro atoms. The van der Waals surface area contributed by atoms with E-state index in [2.05, 4.69) is 38.0 Å². The Hall–Kier alpha value is -1.30. The van der Waals surface area contributed by atoms with Gasteiger partial charge >= 0.3 is 0 Å². The highest BCUT2D eigenvalue weighted by atomic mass is 32.1. The van der Waals surface area contributed by atoms with Crippen LogP contribution < -0.4 is 11.1 Å². The van der Waals surface area contributed by atoms with Crippen molar-refractivity contribution >= 4 is 28.2 Å². The molecule has 6 heteroatoms. The standard InChI is InChI=1S/C14H24N4OS/c1-9(2)7-16-13-17-11(15)10(20-13)12(19)18-6-5-14(3,4)8-18/h9H,5-8,15H2,1-4H3,(H,16,17). The van der Waals surface area contributed by atoms with Gasteiger partial charge in [-0.3, -0.25) is 4.79 Å². The lowest BCUT2D eigenvalue weighted by Crippen LogP contribution is -2.30. The summed E-state index contributed by atoms with van der Waals surface area (Å²) in [5.74, 6) is 0.887. The zero-order valence-electron chi connectivity index (χ0n) is 12.7. The predicted octanol–water partition coefficient (Wildman–Crippen LogP) is 2.67. The molecule has 0 bridgehead atoms. The van der Waals surface area contributed by atoms with Crippen LogP contribution in [0, 0.1) is 11.3 Å². The van der Waals surface area contributed by atoms with Gasteiger partial charge in [-0.15, -0.1) is 0 Å². The summed E-state index contributed by atoms with van der Waals surface area (Å²) in [6, 6.07) is 0. The van der Waals surface area contributed by atoms with Crippen LogP contribution in [0.15, 0.2) is 0 Å². The summed E-state index contributed by atoms with van der Waals surface area (Å²) >= 11 is 1.36. The van der Waals surface area contributed by atoms with E-state index < -0.39 is 0 Å². The fourth-order valence-electron chi connectivity index (χ4n) is 2.28. The third-order valence-electron chi connectivity index (χ3n) is 3.47. The number of nitrogens with two attached hydrogens (primary N) is 1. The zero-order valence-corrected chi connectivity index (χ0v) is 13.5. The normalized spacial score (nSPS) is 17.8. The third kappa shape index (κ3) is 3.42. The van der Waals surface area contributed by atoms with Gasteiger partial charge in [-0.2, -0.15) is 0 Å². The summed E-state index contributed by atoms with van der Waals surface area (Å²) in [7, 11) is 0. The van der Waals surface area contributed by atoms with Gasteiger partial charge in [-0.1, -0.05) is 39.0 Å². The molecule has 1 saturated heterocycles. The third-order valence-corrected chi connectivity index (χ3v) is 4.49. The first kappa shape index (κ1) is 15.1. The Kier molecular flexibility index (Phi) is 4.22. The van der Waals surface area contributed by atoms with E-state index in [-0.39, 0.29) is 11.3 Å². The minimum absolute atomic E-state index is 0.0168. The number of anilines is 2. The SMILES string of the molecule is CC(C)CNc1nc(N)c(C(=O)N2CCC(C)(C)C2)s1. The van der Waals surface area contributed by atoms with Crippen molar-refractivity contribution < 1.29 is 4.79 Å². The Bertz CT molecular complexity index is 495. The topological polar surface area (TPSA) is 71.2 Å². The van der Waals surface area contributed by atoms with Gasteiger partial charge < -0.3 is 16.0 Å². The van der Waals surface area contributed by atoms with E-state index in [1.54, 1.807) is 0 Å². The Balaban J connectivity index is 2.07. The van der Waals surface area contributed by atoms with Crippen LogP contribution >= 0.6 is 11.3 Å². The molecule has 2 heterocycles. The predicted molar refractivity (Wildman–Crippen MR) is 84.2 cm³/mol. The van der Waals surface area contributed by atoms with Crippen molar-refractivity contribution in [3.8, 4) is 0 Å². The van der Waals surface area contributed by atoms with Crippen LogP contribution in [0.5, 0.6) is 0 Å². The lowest BCUT2D eigenvalue weighted by molar-refractivity contribution is 0.0784. The molecule has 1 aliphatic rings. The molecule has 0 aromatic carbocycles. The average molecular weight is 296 g/mol. The minimum atomic E-state index is 0.0168. The Morgan fingerprint density at radius 3 is 2.80 bits per heavy atom. The second-order valence-corrected chi connectivity index (χ2v) is 7.65. The first-order valence-electron chi connectivity index (χ1n) is 7.08. The summed E-state index contributed by atoms with van der Waals surface area (Å²) in [5, 5.41) is 3.96. The highest BCUT2D eigenvalue weighted by Crippen LogP contribution is 2.32.